The van der Waals surface area contributed by atoms with E-state index in [-0.39, 0.29) is 48.0 Å². The zero-order valence-electron chi connectivity index (χ0n) is 15.3. The summed E-state index contributed by atoms with van der Waals surface area (Å²) < 4.78 is 28.3. The van der Waals surface area contributed by atoms with Gasteiger partial charge in [-0.05, 0) is 13.3 Å². The molecule has 0 aromatic heterocycles. The molecular formula is C16H24N4O6S. The van der Waals surface area contributed by atoms with E-state index >= 15 is 0 Å². The number of sulfone groups is 1. The molecule has 150 valence electrons. The number of carbonyl (C=O) groups is 3. The maximum Gasteiger partial charge on any atom is 0.409 e. The van der Waals surface area contributed by atoms with Gasteiger partial charge in [0.2, 0.25) is 5.91 Å². The molecule has 1 unspecified atom stereocenters. The molecule has 10 nitrogen and oxygen atoms in total. The van der Waals surface area contributed by atoms with Gasteiger partial charge in [0, 0.05) is 39.0 Å². The molecule has 3 rings (SSSR count). The van der Waals surface area contributed by atoms with Crippen LogP contribution in [-0.2, 0) is 24.2 Å². The van der Waals surface area contributed by atoms with Crippen molar-refractivity contribution in [3.8, 4) is 0 Å². The zero-order valence-corrected chi connectivity index (χ0v) is 16.1. The second-order valence-corrected chi connectivity index (χ2v) is 9.05. The molecule has 3 heterocycles. The molecule has 2 saturated heterocycles. The highest BCUT2D eigenvalue weighted by molar-refractivity contribution is 7.91. The maximum absolute atomic E-state index is 12.8. The van der Waals surface area contributed by atoms with E-state index in [1.54, 1.807) is 16.7 Å². The average molecular weight is 400 g/mol. The van der Waals surface area contributed by atoms with Gasteiger partial charge in [-0.2, -0.15) is 5.10 Å². The quantitative estimate of drug-likeness (QED) is 0.628. The Kier molecular flexibility index (Phi) is 5.68. The van der Waals surface area contributed by atoms with Gasteiger partial charge >= 0.3 is 6.09 Å². The Morgan fingerprint density at radius 1 is 1.15 bits per heavy atom. The molecule has 0 bridgehead atoms. The Morgan fingerprint density at radius 2 is 1.81 bits per heavy atom. The fourth-order valence-corrected chi connectivity index (χ4v) is 5.16. The Hall–Kier alpha value is -2.17. The molecule has 27 heavy (non-hydrogen) atoms. The Bertz CT molecular complexity index is 757. The topological polar surface area (TPSA) is 117 Å². The monoisotopic (exact) mass is 400 g/mol. The van der Waals surface area contributed by atoms with Gasteiger partial charge in [-0.3, -0.25) is 9.59 Å². The summed E-state index contributed by atoms with van der Waals surface area (Å²) in [5, 5.41) is 5.40. The van der Waals surface area contributed by atoms with Gasteiger partial charge in [-0.15, -0.1) is 0 Å². The number of rotatable bonds is 3. The average Bonchev–Trinajstić information content (AvgIpc) is 3.01. The van der Waals surface area contributed by atoms with Crippen LogP contribution in [0.25, 0.3) is 0 Å². The first kappa shape index (κ1) is 19.6. The van der Waals surface area contributed by atoms with Crippen molar-refractivity contribution in [2.75, 3.05) is 44.3 Å². The van der Waals surface area contributed by atoms with E-state index in [1.807, 2.05) is 0 Å². The lowest BCUT2D eigenvalue weighted by atomic mass is 10.1. The summed E-state index contributed by atoms with van der Waals surface area (Å²) in [6, 6.07) is -0.494. The molecule has 0 spiro atoms. The van der Waals surface area contributed by atoms with Gasteiger partial charge < -0.3 is 14.5 Å². The van der Waals surface area contributed by atoms with Crippen molar-refractivity contribution < 1.29 is 27.5 Å². The number of hydrogen-bond acceptors (Lipinski definition) is 7. The first-order chi connectivity index (χ1) is 12.8. The lowest BCUT2D eigenvalue weighted by Crippen LogP contribution is -2.53. The lowest BCUT2D eigenvalue weighted by molar-refractivity contribution is -0.134. The number of hydrogen-bond donors (Lipinski definition) is 0. The first-order valence-electron chi connectivity index (χ1n) is 9.11. The Labute approximate surface area is 158 Å². The first-order valence-corrected chi connectivity index (χ1v) is 10.9. The molecule has 0 N–H and O–H groups in total. The van der Waals surface area contributed by atoms with Crippen LogP contribution in [-0.4, -0.2) is 97.2 Å². The molecule has 0 radical (unpaired) electrons. The van der Waals surface area contributed by atoms with Crippen LogP contribution >= 0.6 is 0 Å². The van der Waals surface area contributed by atoms with Crippen molar-refractivity contribution in [3.05, 3.63) is 0 Å². The van der Waals surface area contributed by atoms with E-state index in [0.29, 0.717) is 39.2 Å². The van der Waals surface area contributed by atoms with Crippen LogP contribution in [0.15, 0.2) is 5.10 Å². The number of hydrazone groups is 1. The second-order valence-electron chi connectivity index (χ2n) is 6.82. The van der Waals surface area contributed by atoms with Crippen LogP contribution in [0.3, 0.4) is 0 Å². The van der Waals surface area contributed by atoms with Crippen molar-refractivity contribution in [2.24, 2.45) is 5.10 Å². The predicted octanol–water partition coefficient (Wildman–Crippen LogP) is -0.547. The van der Waals surface area contributed by atoms with Crippen LogP contribution < -0.4 is 0 Å². The summed E-state index contributed by atoms with van der Waals surface area (Å²) in [4.78, 5) is 39.8. The Balaban J connectivity index is 1.64. The minimum Gasteiger partial charge on any atom is -0.450 e. The van der Waals surface area contributed by atoms with Gasteiger partial charge in [0.25, 0.3) is 5.91 Å². The van der Waals surface area contributed by atoms with E-state index in [2.05, 4.69) is 5.10 Å². The van der Waals surface area contributed by atoms with Crippen molar-refractivity contribution in [1.29, 1.82) is 0 Å². The standard InChI is InChI=1S/C16H24N4O6S/c1-2-26-16(23)19-8-6-18(7-9-19)15(22)13-3-4-14(21)20(17-13)12-5-10-27(24,25)11-12/h12H,2-11H2,1H3. The molecule has 11 heteroatoms. The molecule has 3 aliphatic rings. The second kappa shape index (κ2) is 7.83. The molecular weight excluding hydrogens is 376 g/mol. The smallest absolute Gasteiger partial charge is 0.409 e. The summed E-state index contributed by atoms with van der Waals surface area (Å²) in [6.07, 6.45) is 0.339. The molecule has 0 saturated carbocycles. The maximum atomic E-state index is 12.8. The molecule has 0 aromatic carbocycles. The van der Waals surface area contributed by atoms with Gasteiger partial charge in [-0.1, -0.05) is 0 Å². The van der Waals surface area contributed by atoms with E-state index in [9.17, 15) is 22.8 Å². The van der Waals surface area contributed by atoms with Gasteiger partial charge in [0.05, 0.1) is 24.2 Å². The SMILES string of the molecule is CCOC(=O)N1CCN(C(=O)C2=NN(C3CCS(=O)(=O)C3)C(=O)CC2)CC1. The molecule has 3 amide bonds. The van der Waals surface area contributed by atoms with Crippen LogP contribution in [0.1, 0.15) is 26.2 Å². The lowest BCUT2D eigenvalue weighted by Gasteiger charge is -2.35. The van der Waals surface area contributed by atoms with Crippen LogP contribution in [0.4, 0.5) is 4.79 Å². The van der Waals surface area contributed by atoms with Crippen molar-refractivity contribution >= 4 is 33.5 Å². The molecule has 0 aromatic rings. The highest BCUT2D eigenvalue weighted by Gasteiger charge is 2.38. The van der Waals surface area contributed by atoms with Crippen molar-refractivity contribution in [2.45, 2.75) is 32.2 Å². The van der Waals surface area contributed by atoms with E-state index < -0.39 is 15.9 Å². The third-order valence-corrected chi connectivity index (χ3v) is 6.70. The number of nitrogens with zero attached hydrogens (tertiary/aromatic N) is 4. The molecule has 1 atom stereocenters. The van der Waals surface area contributed by atoms with Crippen molar-refractivity contribution in [3.63, 3.8) is 0 Å². The largest absolute Gasteiger partial charge is 0.450 e. The molecule has 0 aliphatic carbocycles. The van der Waals surface area contributed by atoms with Crippen LogP contribution in [0, 0.1) is 0 Å². The number of ether oxygens (including phenoxy) is 1. The predicted molar refractivity (Wildman–Crippen MR) is 95.7 cm³/mol. The minimum atomic E-state index is -3.15. The molecule has 3 aliphatic heterocycles. The highest BCUT2D eigenvalue weighted by Crippen LogP contribution is 2.22. The fraction of sp³-hybridized carbons (Fsp3) is 0.750. The van der Waals surface area contributed by atoms with E-state index in [1.165, 1.54) is 5.01 Å². The summed E-state index contributed by atoms with van der Waals surface area (Å²) in [6.45, 7) is 3.52. The number of carbonyl (C=O) groups excluding carboxylic acids is 3. The number of amides is 3. The van der Waals surface area contributed by atoms with E-state index in [4.69, 9.17) is 4.74 Å². The summed E-state index contributed by atoms with van der Waals surface area (Å²) >= 11 is 0. The minimum absolute atomic E-state index is 0.0378. The summed E-state index contributed by atoms with van der Waals surface area (Å²) in [7, 11) is -3.15. The highest BCUT2D eigenvalue weighted by atomic mass is 32.2. The van der Waals surface area contributed by atoms with Crippen molar-refractivity contribution in [1.82, 2.24) is 14.8 Å². The third-order valence-electron chi connectivity index (χ3n) is 4.95. The van der Waals surface area contributed by atoms with Gasteiger partial charge in [-0.25, -0.2) is 18.2 Å². The summed E-state index contributed by atoms with van der Waals surface area (Å²) in [5.41, 5.74) is 0.267. The zero-order chi connectivity index (χ0) is 19.6. The number of piperazine rings is 1. The third kappa shape index (κ3) is 4.40. The van der Waals surface area contributed by atoms with Crippen LogP contribution in [0.2, 0.25) is 0 Å². The van der Waals surface area contributed by atoms with Gasteiger partial charge in [0.1, 0.15) is 5.71 Å². The fourth-order valence-electron chi connectivity index (χ4n) is 3.47. The van der Waals surface area contributed by atoms with Crippen LogP contribution in [0.5, 0.6) is 0 Å². The normalized spacial score (nSPS) is 25.4. The van der Waals surface area contributed by atoms with E-state index in [0.717, 1.165) is 0 Å². The Morgan fingerprint density at radius 3 is 2.41 bits per heavy atom. The van der Waals surface area contributed by atoms with Gasteiger partial charge in [0.15, 0.2) is 9.84 Å². The molecule has 2 fully saturated rings. The summed E-state index contributed by atoms with van der Waals surface area (Å²) in [5.74, 6) is -0.588.